The van der Waals surface area contributed by atoms with Crippen molar-refractivity contribution in [1.29, 1.82) is 0 Å². The molecule has 0 atom stereocenters. The highest BCUT2D eigenvalue weighted by molar-refractivity contribution is 5.96. The maximum Gasteiger partial charge on any atom is 0.131 e. The van der Waals surface area contributed by atoms with E-state index < -0.39 is 0 Å². The number of hydrogen-bond donors (Lipinski definition) is 0. The van der Waals surface area contributed by atoms with E-state index in [1.807, 2.05) is 37.3 Å². The number of fused-ring (bicyclic) bond motifs is 2. The zero-order valence-electron chi connectivity index (χ0n) is 9.90. The van der Waals surface area contributed by atoms with Crippen molar-refractivity contribution in [3.8, 4) is 5.75 Å². The van der Waals surface area contributed by atoms with Crippen molar-refractivity contribution in [3.05, 3.63) is 48.0 Å². The first-order chi connectivity index (χ1) is 8.29. The molecule has 0 radical (unpaired) electrons. The minimum atomic E-state index is 0.917. The molecule has 2 nitrogen and oxygen atoms in total. The first-order valence-electron chi connectivity index (χ1n) is 5.62. The molecule has 0 N–H and O–H groups in total. The number of aryl methyl sites for hydroxylation is 1. The smallest absolute Gasteiger partial charge is 0.131 e. The van der Waals surface area contributed by atoms with Gasteiger partial charge in [-0.2, -0.15) is 0 Å². The van der Waals surface area contributed by atoms with Crippen LogP contribution in [0.4, 0.5) is 0 Å². The van der Waals surface area contributed by atoms with E-state index in [1.165, 1.54) is 0 Å². The highest BCUT2D eigenvalue weighted by Gasteiger charge is 2.07. The van der Waals surface area contributed by atoms with Gasteiger partial charge in [-0.25, -0.2) is 4.98 Å². The molecular formula is C15H13NO. The third kappa shape index (κ3) is 1.53. The second kappa shape index (κ2) is 3.74. The van der Waals surface area contributed by atoms with Gasteiger partial charge in [0.2, 0.25) is 0 Å². The molecular weight excluding hydrogens is 210 g/mol. The van der Waals surface area contributed by atoms with Crippen LogP contribution in [0.15, 0.2) is 42.5 Å². The van der Waals surface area contributed by atoms with Gasteiger partial charge in [-0.1, -0.05) is 24.3 Å². The lowest BCUT2D eigenvalue weighted by Gasteiger charge is -2.09. The molecule has 0 fully saturated rings. The summed E-state index contributed by atoms with van der Waals surface area (Å²) in [7, 11) is 1.71. The number of benzene rings is 2. The first kappa shape index (κ1) is 10.1. The van der Waals surface area contributed by atoms with Gasteiger partial charge in [0.25, 0.3) is 0 Å². The normalized spacial score (nSPS) is 10.9. The second-order valence-electron chi connectivity index (χ2n) is 4.16. The largest absolute Gasteiger partial charge is 0.496 e. The summed E-state index contributed by atoms with van der Waals surface area (Å²) in [5, 5.41) is 2.22. The maximum atomic E-state index is 5.47. The molecule has 1 heterocycles. The molecule has 0 bridgehead atoms. The molecule has 0 aliphatic carbocycles. The quantitative estimate of drug-likeness (QED) is 0.587. The summed E-state index contributed by atoms with van der Waals surface area (Å²) in [4.78, 5) is 4.65. The number of ether oxygens (including phenoxy) is 1. The van der Waals surface area contributed by atoms with Crippen LogP contribution in [0.2, 0.25) is 0 Å². The van der Waals surface area contributed by atoms with Crippen molar-refractivity contribution in [2.45, 2.75) is 6.92 Å². The SMILES string of the molecule is COc1c(C)ccc2nc3ccccc3cc12. The van der Waals surface area contributed by atoms with E-state index in [4.69, 9.17) is 4.74 Å². The van der Waals surface area contributed by atoms with Crippen LogP contribution in [0.5, 0.6) is 5.75 Å². The van der Waals surface area contributed by atoms with Crippen LogP contribution in [0.1, 0.15) is 5.56 Å². The van der Waals surface area contributed by atoms with Crippen LogP contribution in [0.25, 0.3) is 21.8 Å². The Balaban J connectivity index is 2.47. The summed E-state index contributed by atoms with van der Waals surface area (Å²) in [6, 6.07) is 14.4. The van der Waals surface area contributed by atoms with Gasteiger partial charge in [-0.3, -0.25) is 0 Å². The van der Waals surface area contributed by atoms with E-state index in [1.54, 1.807) is 7.11 Å². The van der Waals surface area contributed by atoms with E-state index in [0.29, 0.717) is 0 Å². The standard InChI is InChI=1S/C15H13NO/c1-10-7-8-14-12(15(10)17-2)9-11-5-3-4-6-13(11)16-14/h3-9H,1-2H3. The fraction of sp³-hybridized carbons (Fsp3) is 0.133. The Morgan fingerprint density at radius 1 is 1.00 bits per heavy atom. The van der Waals surface area contributed by atoms with Crippen LogP contribution in [-0.4, -0.2) is 12.1 Å². The molecule has 84 valence electrons. The molecule has 0 aliphatic rings. The Hall–Kier alpha value is -2.09. The molecule has 3 rings (SSSR count). The molecule has 0 unspecified atom stereocenters. The number of nitrogens with zero attached hydrogens (tertiary/aromatic N) is 1. The van der Waals surface area contributed by atoms with E-state index in [9.17, 15) is 0 Å². The summed E-state index contributed by atoms with van der Waals surface area (Å²) in [6.45, 7) is 2.05. The van der Waals surface area contributed by atoms with Crippen LogP contribution in [0.3, 0.4) is 0 Å². The van der Waals surface area contributed by atoms with Gasteiger partial charge >= 0.3 is 0 Å². The number of aromatic nitrogens is 1. The third-order valence-electron chi connectivity index (χ3n) is 3.05. The van der Waals surface area contributed by atoms with Crippen LogP contribution in [0, 0.1) is 6.92 Å². The Kier molecular flexibility index (Phi) is 2.22. The van der Waals surface area contributed by atoms with E-state index >= 15 is 0 Å². The molecule has 3 aromatic rings. The lowest BCUT2D eigenvalue weighted by atomic mass is 10.1. The summed E-state index contributed by atoms with van der Waals surface area (Å²) in [5.74, 6) is 0.917. The van der Waals surface area contributed by atoms with Crippen molar-refractivity contribution in [1.82, 2.24) is 4.98 Å². The van der Waals surface area contributed by atoms with Crippen molar-refractivity contribution in [2.24, 2.45) is 0 Å². The Morgan fingerprint density at radius 2 is 1.82 bits per heavy atom. The number of hydrogen-bond acceptors (Lipinski definition) is 2. The van der Waals surface area contributed by atoms with Crippen LogP contribution < -0.4 is 4.74 Å². The molecule has 0 spiro atoms. The Bertz CT molecular complexity index is 704. The van der Waals surface area contributed by atoms with Crippen molar-refractivity contribution in [2.75, 3.05) is 7.11 Å². The van der Waals surface area contributed by atoms with Gasteiger partial charge in [0, 0.05) is 10.8 Å². The molecule has 0 aliphatic heterocycles. The molecule has 1 aromatic heterocycles. The van der Waals surface area contributed by atoms with E-state index in [2.05, 4.69) is 17.1 Å². The monoisotopic (exact) mass is 223 g/mol. The van der Waals surface area contributed by atoms with Gasteiger partial charge in [-0.15, -0.1) is 0 Å². The highest BCUT2D eigenvalue weighted by Crippen LogP contribution is 2.30. The average molecular weight is 223 g/mol. The van der Waals surface area contributed by atoms with Gasteiger partial charge in [0.15, 0.2) is 0 Å². The minimum Gasteiger partial charge on any atom is -0.496 e. The number of methoxy groups -OCH3 is 1. The lowest BCUT2D eigenvalue weighted by Crippen LogP contribution is -1.90. The summed E-state index contributed by atoms with van der Waals surface area (Å²) < 4.78 is 5.47. The summed E-state index contributed by atoms with van der Waals surface area (Å²) >= 11 is 0. The molecule has 0 saturated carbocycles. The van der Waals surface area contributed by atoms with E-state index in [-0.39, 0.29) is 0 Å². The molecule has 17 heavy (non-hydrogen) atoms. The molecule has 2 aromatic carbocycles. The fourth-order valence-electron chi connectivity index (χ4n) is 2.20. The number of para-hydroxylation sites is 1. The van der Waals surface area contributed by atoms with Crippen molar-refractivity contribution >= 4 is 21.8 Å². The molecule has 2 heteroatoms. The average Bonchev–Trinajstić information content (AvgIpc) is 2.36. The minimum absolute atomic E-state index is 0.917. The van der Waals surface area contributed by atoms with Crippen molar-refractivity contribution in [3.63, 3.8) is 0 Å². The topological polar surface area (TPSA) is 22.1 Å². The Labute approximate surface area is 99.9 Å². The maximum absolute atomic E-state index is 5.47. The molecule has 0 saturated heterocycles. The summed E-state index contributed by atoms with van der Waals surface area (Å²) in [5.41, 5.74) is 3.13. The summed E-state index contributed by atoms with van der Waals surface area (Å²) in [6.07, 6.45) is 0. The van der Waals surface area contributed by atoms with Gasteiger partial charge in [0.1, 0.15) is 5.75 Å². The van der Waals surface area contributed by atoms with Gasteiger partial charge in [-0.05, 0) is 30.7 Å². The van der Waals surface area contributed by atoms with Crippen LogP contribution in [-0.2, 0) is 0 Å². The second-order valence-corrected chi connectivity index (χ2v) is 4.16. The van der Waals surface area contributed by atoms with Gasteiger partial charge in [0.05, 0.1) is 18.1 Å². The zero-order chi connectivity index (χ0) is 11.8. The third-order valence-corrected chi connectivity index (χ3v) is 3.05. The lowest BCUT2D eigenvalue weighted by molar-refractivity contribution is 0.417. The predicted octanol–water partition coefficient (Wildman–Crippen LogP) is 3.71. The van der Waals surface area contributed by atoms with Crippen molar-refractivity contribution < 1.29 is 4.74 Å². The molecule has 0 amide bonds. The zero-order valence-corrected chi connectivity index (χ0v) is 9.90. The van der Waals surface area contributed by atoms with E-state index in [0.717, 1.165) is 33.1 Å². The predicted molar refractivity (Wildman–Crippen MR) is 70.5 cm³/mol. The van der Waals surface area contributed by atoms with Crippen LogP contribution >= 0.6 is 0 Å². The Morgan fingerprint density at radius 3 is 2.65 bits per heavy atom. The number of rotatable bonds is 1. The number of pyridine rings is 1. The van der Waals surface area contributed by atoms with Gasteiger partial charge < -0.3 is 4.74 Å². The fourth-order valence-corrected chi connectivity index (χ4v) is 2.20. The highest BCUT2D eigenvalue weighted by atomic mass is 16.5. The first-order valence-corrected chi connectivity index (χ1v) is 5.62.